The van der Waals surface area contributed by atoms with Gasteiger partial charge in [-0.1, -0.05) is 91.0 Å². The van der Waals surface area contributed by atoms with Gasteiger partial charge < -0.3 is 9.80 Å². The van der Waals surface area contributed by atoms with Gasteiger partial charge in [-0.25, -0.2) is 4.98 Å². The van der Waals surface area contributed by atoms with Crippen LogP contribution in [0.5, 0.6) is 0 Å². The van der Waals surface area contributed by atoms with Gasteiger partial charge in [-0.2, -0.15) is 10.5 Å². The third kappa shape index (κ3) is 3.45. The molecule has 0 bridgehead atoms. The summed E-state index contributed by atoms with van der Waals surface area (Å²) >= 11 is 0. The Bertz CT molecular complexity index is 2010. The highest BCUT2D eigenvalue weighted by atomic mass is 28.3. The van der Waals surface area contributed by atoms with E-state index >= 15 is 0 Å². The summed E-state index contributed by atoms with van der Waals surface area (Å²) in [5.41, 5.74) is 6.75. The van der Waals surface area contributed by atoms with Crippen molar-refractivity contribution in [2.75, 3.05) is 9.80 Å². The molecule has 0 aliphatic carbocycles. The summed E-state index contributed by atoms with van der Waals surface area (Å²) in [4.78, 5) is 8.80. The molecule has 8 rings (SSSR count). The number of fused-ring (bicyclic) bond motifs is 8. The predicted molar refractivity (Wildman–Crippen MR) is 174 cm³/mol. The molecule has 2 aliphatic heterocycles. The van der Waals surface area contributed by atoms with Crippen LogP contribution in [-0.2, 0) is 0 Å². The SMILES string of the molecule is N#Cc1cc(N2c3ccccc3[Si]3(c4ccccc4N(c4ccccc4)c4ccccc43)c3ccccc32)cc(C#N)n1. The van der Waals surface area contributed by atoms with Gasteiger partial charge in [0.25, 0.3) is 0 Å². The minimum Gasteiger partial charge on any atom is -0.311 e. The van der Waals surface area contributed by atoms with Crippen molar-refractivity contribution in [2.24, 2.45) is 0 Å². The van der Waals surface area contributed by atoms with Gasteiger partial charge in [-0.3, -0.25) is 0 Å². The molecule has 0 amide bonds. The van der Waals surface area contributed by atoms with Gasteiger partial charge in [0.2, 0.25) is 0 Å². The summed E-state index contributed by atoms with van der Waals surface area (Å²) in [6.45, 7) is 0. The Morgan fingerprint density at radius 1 is 0.442 bits per heavy atom. The molecule has 3 heterocycles. The second kappa shape index (κ2) is 9.56. The standard InChI is InChI=1S/C37H23N5Si/c38-24-26-22-29(23-27(25-39)40-26)42-32-16-6-10-20-36(32)43(37-21-11-7-17-33(37)42)34-18-8-4-14-30(34)41(28-12-2-1-3-13-28)31-15-5-9-19-35(31)43/h1-23H. The van der Waals surface area contributed by atoms with Crippen LogP contribution >= 0.6 is 0 Å². The Labute approximate surface area is 250 Å². The Hall–Kier alpha value is -5.95. The van der Waals surface area contributed by atoms with Crippen LogP contribution in [0.3, 0.4) is 0 Å². The number of nitriles is 2. The molecule has 0 saturated heterocycles. The minimum atomic E-state index is -2.87. The average molecular weight is 566 g/mol. The molecule has 6 heteroatoms. The molecule has 0 fully saturated rings. The van der Waals surface area contributed by atoms with Crippen molar-refractivity contribution < 1.29 is 0 Å². The minimum absolute atomic E-state index is 0.216. The maximum atomic E-state index is 9.77. The molecule has 0 radical (unpaired) electrons. The Morgan fingerprint density at radius 3 is 1.19 bits per heavy atom. The number of rotatable bonds is 2. The maximum Gasteiger partial charge on any atom is 0.188 e. The maximum absolute atomic E-state index is 9.77. The second-order valence-electron chi connectivity index (χ2n) is 10.6. The number of aromatic nitrogens is 1. The van der Waals surface area contributed by atoms with Crippen LogP contribution in [-0.4, -0.2) is 13.1 Å². The largest absolute Gasteiger partial charge is 0.311 e. The predicted octanol–water partition coefficient (Wildman–Crippen LogP) is 5.77. The van der Waals surface area contributed by atoms with E-state index in [0.29, 0.717) is 0 Å². The number of anilines is 6. The van der Waals surface area contributed by atoms with E-state index in [-0.39, 0.29) is 11.4 Å². The van der Waals surface area contributed by atoms with E-state index in [1.165, 1.54) is 32.1 Å². The summed E-state index contributed by atoms with van der Waals surface area (Å²) in [5.74, 6) is 0. The van der Waals surface area contributed by atoms with Crippen LogP contribution in [0.1, 0.15) is 11.4 Å². The second-order valence-corrected chi connectivity index (χ2v) is 14.3. The van der Waals surface area contributed by atoms with E-state index < -0.39 is 8.07 Å². The monoisotopic (exact) mass is 565 g/mol. The zero-order valence-electron chi connectivity index (χ0n) is 23.0. The van der Waals surface area contributed by atoms with E-state index in [0.717, 1.165) is 22.7 Å². The molecular formula is C37H23N5Si. The van der Waals surface area contributed by atoms with Gasteiger partial charge >= 0.3 is 0 Å². The molecule has 43 heavy (non-hydrogen) atoms. The number of pyridine rings is 1. The molecule has 1 spiro atoms. The van der Waals surface area contributed by atoms with E-state index in [4.69, 9.17) is 0 Å². The lowest BCUT2D eigenvalue weighted by Gasteiger charge is -2.49. The first-order valence-electron chi connectivity index (χ1n) is 14.1. The third-order valence-corrected chi connectivity index (χ3v) is 13.4. The highest BCUT2D eigenvalue weighted by Crippen LogP contribution is 2.43. The summed E-state index contributed by atoms with van der Waals surface area (Å²) in [6.07, 6.45) is 0. The normalized spacial score (nSPS) is 13.6. The number of hydrogen-bond acceptors (Lipinski definition) is 5. The fourth-order valence-corrected chi connectivity index (χ4v) is 12.4. The molecule has 0 saturated carbocycles. The van der Waals surface area contributed by atoms with Gasteiger partial charge in [0.05, 0.1) is 5.69 Å². The molecule has 1 aromatic heterocycles. The summed E-state index contributed by atoms with van der Waals surface area (Å²) in [5, 5.41) is 24.7. The van der Waals surface area contributed by atoms with Crippen LogP contribution in [0.4, 0.5) is 34.1 Å². The molecule has 200 valence electrons. The number of nitrogens with zero attached hydrogens (tertiary/aromatic N) is 5. The molecule has 0 N–H and O–H groups in total. The molecule has 0 atom stereocenters. The fraction of sp³-hybridized carbons (Fsp3) is 0. The molecule has 6 aromatic rings. The van der Waals surface area contributed by atoms with Gasteiger partial charge in [0.15, 0.2) is 8.07 Å². The van der Waals surface area contributed by atoms with E-state index in [2.05, 4.69) is 154 Å². The quantitative estimate of drug-likeness (QED) is 0.249. The molecule has 2 aliphatic rings. The van der Waals surface area contributed by atoms with Crippen LogP contribution in [0.2, 0.25) is 0 Å². The van der Waals surface area contributed by atoms with Crippen molar-refractivity contribution >= 4 is 62.9 Å². The number of para-hydroxylation sites is 5. The Balaban J connectivity index is 1.51. The summed E-state index contributed by atoms with van der Waals surface area (Å²) in [6, 6.07) is 53.3. The Kier molecular flexibility index (Phi) is 5.52. The molecular weight excluding hydrogens is 543 g/mol. The summed E-state index contributed by atoms with van der Waals surface area (Å²) in [7, 11) is -2.87. The van der Waals surface area contributed by atoms with Crippen molar-refractivity contribution in [1.82, 2.24) is 4.98 Å². The molecule has 0 unspecified atom stereocenters. The first-order chi connectivity index (χ1) is 21.3. The fourth-order valence-electron chi connectivity index (χ4n) is 6.97. The third-order valence-electron chi connectivity index (χ3n) is 8.51. The smallest absolute Gasteiger partial charge is 0.188 e. The van der Waals surface area contributed by atoms with Gasteiger partial charge in [0.1, 0.15) is 23.5 Å². The van der Waals surface area contributed by atoms with E-state index in [1.807, 2.05) is 0 Å². The first kappa shape index (κ1) is 24.8. The van der Waals surface area contributed by atoms with Crippen molar-refractivity contribution in [3.8, 4) is 12.1 Å². The van der Waals surface area contributed by atoms with Crippen LogP contribution in [0.15, 0.2) is 140 Å². The topological polar surface area (TPSA) is 67.0 Å². The van der Waals surface area contributed by atoms with Crippen molar-refractivity contribution in [1.29, 1.82) is 10.5 Å². The van der Waals surface area contributed by atoms with Crippen molar-refractivity contribution in [3.05, 3.63) is 151 Å². The van der Waals surface area contributed by atoms with E-state index in [9.17, 15) is 10.5 Å². The molecule has 5 nitrogen and oxygen atoms in total. The van der Waals surface area contributed by atoms with Crippen LogP contribution < -0.4 is 30.5 Å². The Morgan fingerprint density at radius 2 is 0.791 bits per heavy atom. The highest BCUT2D eigenvalue weighted by Gasteiger charge is 2.53. The lowest BCUT2D eigenvalue weighted by molar-refractivity contribution is 1.19. The van der Waals surface area contributed by atoms with E-state index in [1.54, 1.807) is 12.1 Å². The lowest BCUT2D eigenvalue weighted by Crippen LogP contribution is -2.79. The van der Waals surface area contributed by atoms with Crippen molar-refractivity contribution in [2.45, 2.75) is 0 Å². The van der Waals surface area contributed by atoms with Gasteiger partial charge in [0, 0.05) is 28.4 Å². The zero-order chi connectivity index (χ0) is 29.0. The highest BCUT2D eigenvalue weighted by molar-refractivity contribution is 7.23. The number of hydrogen-bond donors (Lipinski definition) is 0. The van der Waals surface area contributed by atoms with Crippen LogP contribution in [0.25, 0.3) is 0 Å². The summed E-state index contributed by atoms with van der Waals surface area (Å²) < 4.78 is 0. The van der Waals surface area contributed by atoms with Gasteiger partial charge in [-0.05, 0) is 69.3 Å². The first-order valence-corrected chi connectivity index (χ1v) is 16.1. The zero-order valence-corrected chi connectivity index (χ0v) is 24.0. The number of benzene rings is 5. The van der Waals surface area contributed by atoms with Crippen molar-refractivity contribution in [3.63, 3.8) is 0 Å². The average Bonchev–Trinajstić information content (AvgIpc) is 3.08. The van der Waals surface area contributed by atoms with Crippen LogP contribution in [0, 0.1) is 22.7 Å². The van der Waals surface area contributed by atoms with Gasteiger partial charge in [-0.15, -0.1) is 0 Å². The molecule has 5 aromatic carbocycles. The lowest BCUT2D eigenvalue weighted by atomic mass is 10.1.